The molecule has 0 spiro atoms. The Labute approximate surface area is 147 Å². The highest BCUT2D eigenvalue weighted by Crippen LogP contribution is 2.37. The van der Waals surface area contributed by atoms with E-state index in [1.165, 1.54) is 0 Å². The number of aromatic nitrogens is 4. The van der Waals surface area contributed by atoms with E-state index < -0.39 is 0 Å². The van der Waals surface area contributed by atoms with E-state index in [4.69, 9.17) is 16.0 Å². The summed E-state index contributed by atoms with van der Waals surface area (Å²) >= 11 is 0. The number of amides is 1. The molecule has 3 aromatic heterocycles. The lowest BCUT2D eigenvalue weighted by Crippen LogP contribution is -2.19. The number of hydrogen-bond donors (Lipinski definition) is 4. The van der Waals surface area contributed by atoms with Crippen LogP contribution < -0.4 is 16.8 Å². The lowest BCUT2D eigenvalue weighted by Gasteiger charge is -2.09. The molecule has 4 rings (SSSR count). The Morgan fingerprint density at radius 2 is 2.08 bits per heavy atom. The van der Waals surface area contributed by atoms with Gasteiger partial charge in [0.1, 0.15) is 0 Å². The number of rotatable bonds is 3. The second kappa shape index (κ2) is 5.88. The van der Waals surface area contributed by atoms with Gasteiger partial charge in [-0.05, 0) is 12.1 Å². The second-order valence-electron chi connectivity index (χ2n) is 5.66. The van der Waals surface area contributed by atoms with Crippen molar-refractivity contribution in [3.63, 3.8) is 0 Å². The Morgan fingerprint density at radius 3 is 2.81 bits per heavy atom. The summed E-state index contributed by atoms with van der Waals surface area (Å²) in [6, 6.07) is 5.09. The van der Waals surface area contributed by atoms with Crippen molar-refractivity contribution in [2.24, 2.45) is 0 Å². The fourth-order valence-corrected chi connectivity index (χ4v) is 2.82. The van der Waals surface area contributed by atoms with E-state index >= 15 is 0 Å². The van der Waals surface area contributed by atoms with Gasteiger partial charge in [0.2, 0.25) is 0 Å². The number of nitrogens with one attached hydrogen (secondary N) is 2. The molecule has 130 valence electrons. The highest BCUT2D eigenvalue weighted by Gasteiger charge is 2.20. The van der Waals surface area contributed by atoms with Crippen LogP contribution in [0.25, 0.3) is 33.4 Å². The van der Waals surface area contributed by atoms with Crippen LogP contribution in [0.15, 0.2) is 41.3 Å². The maximum atomic E-state index is 12.0. The van der Waals surface area contributed by atoms with Gasteiger partial charge in [-0.15, -0.1) is 0 Å². The predicted octanol–water partition coefficient (Wildman–Crippen LogP) is 1.80. The van der Waals surface area contributed by atoms with Crippen LogP contribution in [0.5, 0.6) is 0 Å². The molecule has 26 heavy (non-hydrogen) atoms. The number of aromatic amines is 1. The molecule has 0 atom stereocenters. The highest BCUT2D eigenvalue weighted by atomic mass is 16.5. The maximum absolute atomic E-state index is 12.0. The number of pyridine rings is 1. The van der Waals surface area contributed by atoms with Crippen LogP contribution in [0.4, 0.5) is 11.5 Å². The first-order valence-electron chi connectivity index (χ1n) is 7.75. The lowest BCUT2D eigenvalue weighted by atomic mass is 10.0. The van der Waals surface area contributed by atoms with E-state index in [-0.39, 0.29) is 11.7 Å². The molecule has 0 aliphatic carbocycles. The van der Waals surface area contributed by atoms with Gasteiger partial charge in [-0.25, -0.2) is 0 Å². The number of benzene rings is 1. The number of anilines is 2. The van der Waals surface area contributed by atoms with Crippen molar-refractivity contribution in [2.75, 3.05) is 18.5 Å². The van der Waals surface area contributed by atoms with Crippen molar-refractivity contribution < 1.29 is 9.32 Å². The van der Waals surface area contributed by atoms with Crippen LogP contribution in [0.1, 0.15) is 10.4 Å². The van der Waals surface area contributed by atoms with Gasteiger partial charge in [0.15, 0.2) is 11.4 Å². The third-order valence-electron chi connectivity index (χ3n) is 4.13. The quantitative estimate of drug-likeness (QED) is 0.412. The first-order valence-corrected chi connectivity index (χ1v) is 7.75. The van der Waals surface area contributed by atoms with Crippen LogP contribution in [-0.2, 0) is 0 Å². The molecule has 0 bridgehead atoms. The predicted molar refractivity (Wildman–Crippen MR) is 97.0 cm³/mol. The van der Waals surface area contributed by atoms with Gasteiger partial charge in [-0.2, -0.15) is 5.10 Å². The summed E-state index contributed by atoms with van der Waals surface area (Å²) in [6.45, 7) is 0. The smallest absolute Gasteiger partial charge is 0.253 e. The second-order valence-corrected chi connectivity index (χ2v) is 5.66. The summed E-state index contributed by atoms with van der Waals surface area (Å²) < 4.78 is 5.43. The molecule has 0 aliphatic heterocycles. The van der Waals surface area contributed by atoms with Gasteiger partial charge in [-0.3, -0.25) is 14.9 Å². The molecule has 4 aromatic rings. The molecule has 1 amide bonds. The Morgan fingerprint density at radius 1 is 1.23 bits per heavy atom. The Bertz CT molecular complexity index is 1120. The van der Waals surface area contributed by atoms with Gasteiger partial charge < -0.3 is 21.3 Å². The average molecular weight is 349 g/mol. The lowest BCUT2D eigenvalue weighted by molar-refractivity contribution is 0.0964. The fraction of sp³-hybridized carbons (Fsp3) is 0.0588. The summed E-state index contributed by atoms with van der Waals surface area (Å²) in [5, 5.41) is 13.7. The Kier molecular flexibility index (Phi) is 3.54. The number of nitrogen functional groups attached to an aromatic ring is 2. The summed E-state index contributed by atoms with van der Waals surface area (Å²) in [7, 11) is 1.54. The van der Waals surface area contributed by atoms with Crippen LogP contribution in [0, 0.1) is 0 Å². The topological polar surface area (TPSA) is 149 Å². The zero-order valence-electron chi connectivity index (χ0n) is 13.8. The summed E-state index contributed by atoms with van der Waals surface area (Å²) in [5.41, 5.74) is 15.9. The van der Waals surface area contributed by atoms with E-state index in [2.05, 4.69) is 25.7 Å². The maximum Gasteiger partial charge on any atom is 0.253 e. The minimum Gasteiger partial charge on any atom is -0.398 e. The van der Waals surface area contributed by atoms with E-state index in [1.54, 1.807) is 43.8 Å². The zero-order chi connectivity index (χ0) is 18.3. The summed E-state index contributed by atoms with van der Waals surface area (Å²) in [5.74, 6) is -0.0694. The molecule has 0 saturated carbocycles. The van der Waals surface area contributed by atoms with Crippen molar-refractivity contribution in [2.45, 2.75) is 0 Å². The van der Waals surface area contributed by atoms with Crippen molar-refractivity contribution in [3.05, 3.63) is 42.4 Å². The van der Waals surface area contributed by atoms with Gasteiger partial charge in [0.05, 0.1) is 22.8 Å². The van der Waals surface area contributed by atoms with Crippen molar-refractivity contribution >= 4 is 28.4 Å². The Hall–Kier alpha value is -3.88. The van der Waals surface area contributed by atoms with Crippen molar-refractivity contribution in [1.82, 2.24) is 25.7 Å². The largest absolute Gasteiger partial charge is 0.398 e. The van der Waals surface area contributed by atoms with Crippen LogP contribution in [-0.4, -0.2) is 33.3 Å². The van der Waals surface area contributed by atoms with Crippen molar-refractivity contribution in [3.8, 4) is 22.4 Å². The Balaban J connectivity index is 1.95. The summed E-state index contributed by atoms with van der Waals surface area (Å²) in [6.07, 6.45) is 5.03. The van der Waals surface area contributed by atoms with Gasteiger partial charge in [0.25, 0.3) is 5.91 Å². The van der Waals surface area contributed by atoms with E-state index in [0.717, 1.165) is 5.56 Å². The number of fused-ring (bicyclic) bond motifs is 1. The third kappa shape index (κ3) is 2.34. The molecular formula is C17H15N7O2. The molecule has 0 saturated heterocycles. The molecule has 9 heteroatoms. The molecule has 0 fully saturated rings. The van der Waals surface area contributed by atoms with Crippen LogP contribution in [0.2, 0.25) is 0 Å². The van der Waals surface area contributed by atoms with E-state index in [1.807, 2.05) is 0 Å². The van der Waals surface area contributed by atoms with Crippen molar-refractivity contribution in [1.29, 1.82) is 0 Å². The molecule has 9 nitrogen and oxygen atoms in total. The molecule has 0 radical (unpaired) electrons. The van der Waals surface area contributed by atoms with Crippen LogP contribution >= 0.6 is 0 Å². The molecule has 0 aliphatic rings. The van der Waals surface area contributed by atoms with E-state index in [0.29, 0.717) is 39.0 Å². The minimum absolute atomic E-state index is 0.214. The van der Waals surface area contributed by atoms with E-state index in [9.17, 15) is 4.79 Å². The monoisotopic (exact) mass is 349 g/mol. The zero-order valence-corrected chi connectivity index (χ0v) is 13.8. The van der Waals surface area contributed by atoms with Gasteiger partial charge in [0, 0.05) is 41.8 Å². The minimum atomic E-state index is -0.283. The summed E-state index contributed by atoms with van der Waals surface area (Å²) in [4.78, 5) is 16.6. The number of nitrogens with zero attached hydrogens (tertiary/aromatic N) is 3. The number of carbonyl (C=O) groups excluding carboxylic acids is 1. The number of H-pyrrole nitrogens is 1. The third-order valence-corrected chi connectivity index (χ3v) is 4.13. The number of nitrogens with two attached hydrogens (primary N) is 2. The molecule has 6 N–H and O–H groups in total. The SMILES string of the molecule is CNC(=O)c1cc(-c2ncc(-c3cn[nH]c3)c3onc(N)c23)ccc1N. The molecule has 3 heterocycles. The molecule has 1 aromatic carbocycles. The first kappa shape index (κ1) is 15.6. The highest BCUT2D eigenvalue weighted by molar-refractivity contribution is 6.06. The van der Waals surface area contributed by atoms with Gasteiger partial charge in [-0.1, -0.05) is 11.2 Å². The normalized spacial score (nSPS) is 11.0. The van der Waals surface area contributed by atoms with Crippen LogP contribution in [0.3, 0.4) is 0 Å². The average Bonchev–Trinajstić information content (AvgIpc) is 3.32. The molecule has 0 unspecified atom stereocenters. The standard InChI is InChI=1S/C17H15N7O2/c1-20-17(25)10-4-8(2-3-12(10)18)14-13-15(26-24-16(13)19)11(7-21-14)9-5-22-23-6-9/h2-7H,18H2,1H3,(H2,19,24)(H,20,25)(H,22,23). The number of carbonyl (C=O) groups is 1. The molecular weight excluding hydrogens is 334 g/mol. The van der Waals surface area contributed by atoms with Gasteiger partial charge >= 0.3 is 0 Å². The fourth-order valence-electron chi connectivity index (χ4n) is 2.82. The number of hydrogen-bond acceptors (Lipinski definition) is 7. The first-order chi connectivity index (χ1) is 12.6.